The van der Waals surface area contributed by atoms with Crippen molar-refractivity contribution in [2.24, 2.45) is 11.8 Å². The van der Waals surface area contributed by atoms with Crippen LogP contribution in [0.4, 0.5) is 5.82 Å². The van der Waals surface area contributed by atoms with Crippen LogP contribution in [0.3, 0.4) is 0 Å². The maximum absolute atomic E-state index is 12.9. The van der Waals surface area contributed by atoms with Crippen molar-refractivity contribution in [1.29, 1.82) is 0 Å². The Morgan fingerprint density at radius 2 is 1.93 bits per heavy atom. The van der Waals surface area contributed by atoms with Crippen LogP contribution in [0.15, 0.2) is 22.9 Å². The highest BCUT2D eigenvalue weighted by molar-refractivity contribution is 5.82. The number of likely N-dealkylation sites (tertiary alicyclic amines) is 1. The zero-order valence-electron chi connectivity index (χ0n) is 17.1. The number of aromatic nitrogens is 3. The second-order valence-corrected chi connectivity index (χ2v) is 8.77. The maximum Gasteiger partial charge on any atom is 0.249 e. The highest BCUT2D eigenvalue weighted by Gasteiger charge is 2.44. The quantitative estimate of drug-likeness (QED) is 0.783. The smallest absolute Gasteiger partial charge is 0.249 e. The summed E-state index contributed by atoms with van der Waals surface area (Å²) in [6.07, 6.45) is 9.57. The van der Waals surface area contributed by atoms with Gasteiger partial charge in [0.2, 0.25) is 17.6 Å². The van der Waals surface area contributed by atoms with Gasteiger partial charge in [-0.1, -0.05) is 12.1 Å². The van der Waals surface area contributed by atoms with E-state index in [9.17, 15) is 4.79 Å². The van der Waals surface area contributed by atoms with Crippen molar-refractivity contribution < 1.29 is 9.32 Å². The second-order valence-electron chi connectivity index (χ2n) is 8.77. The molecule has 154 valence electrons. The van der Waals surface area contributed by atoms with Gasteiger partial charge in [0.25, 0.3) is 0 Å². The molecule has 0 bridgehead atoms. The van der Waals surface area contributed by atoms with Crippen LogP contribution in [-0.2, 0) is 4.79 Å². The van der Waals surface area contributed by atoms with Crippen molar-refractivity contribution in [3.63, 3.8) is 0 Å². The van der Waals surface area contributed by atoms with Gasteiger partial charge in [-0.25, -0.2) is 4.98 Å². The van der Waals surface area contributed by atoms with Crippen LogP contribution in [0.5, 0.6) is 0 Å². The Balaban J connectivity index is 1.36. The molecule has 0 spiro atoms. The molecule has 5 rings (SSSR count). The van der Waals surface area contributed by atoms with Gasteiger partial charge in [0, 0.05) is 37.3 Å². The molecule has 3 unspecified atom stereocenters. The Morgan fingerprint density at radius 3 is 2.72 bits per heavy atom. The average Bonchev–Trinajstić information content (AvgIpc) is 3.31. The van der Waals surface area contributed by atoms with Crippen LogP contribution in [0, 0.1) is 11.8 Å². The minimum atomic E-state index is -0.0892. The second kappa shape index (κ2) is 7.76. The molecule has 3 aliphatic rings. The van der Waals surface area contributed by atoms with Crippen molar-refractivity contribution in [1.82, 2.24) is 20.0 Å². The molecule has 7 nitrogen and oxygen atoms in total. The van der Waals surface area contributed by atoms with E-state index in [0.717, 1.165) is 56.7 Å². The first-order valence-corrected chi connectivity index (χ1v) is 11.1. The Bertz CT molecular complexity index is 876. The number of nitrogens with zero attached hydrogens (tertiary/aromatic N) is 5. The molecule has 1 aliphatic carbocycles. The number of hydrogen-bond donors (Lipinski definition) is 0. The van der Waals surface area contributed by atoms with Gasteiger partial charge < -0.3 is 14.3 Å². The van der Waals surface area contributed by atoms with E-state index >= 15 is 0 Å². The van der Waals surface area contributed by atoms with Crippen LogP contribution in [0.2, 0.25) is 0 Å². The fourth-order valence-electron chi connectivity index (χ4n) is 4.67. The van der Waals surface area contributed by atoms with Crippen molar-refractivity contribution >= 4 is 11.7 Å². The third-order valence-corrected chi connectivity index (χ3v) is 6.62. The van der Waals surface area contributed by atoms with Gasteiger partial charge in [-0.2, -0.15) is 4.98 Å². The van der Waals surface area contributed by atoms with E-state index in [2.05, 4.69) is 28.0 Å². The van der Waals surface area contributed by atoms with Crippen LogP contribution >= 0.6 is 0 Å². The summed E-state index contributed by atoms with van der Waals surface area (Å²) < 4.78 is 5.66. The zero-order valence-corrected chi connectivity index (χ0v) is 17.1. The predicted octanol–water partition coefficient (Wildman–Crippen LogP) is 3.83. The molecule has 3 atom stereocenters. The fraction of sp³-hybridized carbons (Fsp3) is 0.636. The molecule has 2 aromatic heterocycles. The lowest BCUT2D eigenvalue weighted by molar-refractivity contribution is -0.137. The van der Waals surface area contributed by atoms with Gasteiger partial charge in [-0.05, 0) is 63.0 Å². The first-order chi connectivity index (χ1) is 14.2. The lowest BCUT2D eigenvalue weighted by atomic mass is 10.0. The topological polar surface area (TPSA) is 75.4 Å². The maximum atomic E-state index is 12.9. The number of carbonyl (C=O) groups is 1. The van der Waals surface area contributed by atoms with E-state index in [1.807, 2.05) is 17.2 Å². The van der Waals surface area contributed by atoms with Gasteiger partial charge >= 0.3 is 0 Å². The lowest BCUT2D eigenvalue weighted by Gasteiger charge is -2.33. The SMILES string of the molecule is CC1CC1C(=O)N1CCCCC1c1nc(-c2ccnc(N3CCCCC3)c2)no1. The summed E-state index contributed by atoms with van der Waals surface area (Å²) in [4.78, 5) is 26.4. The highest BCUT2D eigenvalue weighted by Crippen LogP contribution is 2.42. The van der Waals surface area contributed by atoms with Gasteiger partial charge in [-0.3, -0.25) is 4.79 Å². The van der Waals surface area contributed by atoms with E-state index in [-0.39, 0.29) is 17.9 Å². The third kappa shape index (κ3) is 3.74. The van der Waals surface area contributed by atoms with Crippen LogP contribution in [-0.4, -0.2) is 45.6 Å². The molecule has 2 aliphatic heterocycles. The molecule has 1 amide bonds. The first kappa shape index (κ1) is 18.6. The van der Waals surface area contributed by atoms with E-state index < -0.39 is 0 Å². The molecule has 2 saturated heterocycles. The number of hydrogen-bond acceptors (Lipinski definition) is 6. The minimum absolute atomic E-state index is 0.0892. The van der Waals surface area contributed by atoms with Crippen LogP contribution in [0.25, 0.3) is 11.4 Å². The summed E-state index contributed by atoms with van der Waals surface area (Å²) in [5, 5.41) is 4.25. The Kier molecular flexibility index (Phi) is 4.97. The van der Waals surface area contributed by atoms with E-state index in [1.54, 1.807) is 0 Å². The normalized spacial score (nSPS) is 27.1. The molecular formula is C22H29N5O2. The van der Waals surface area contributed by atoms with Crippen molar-refractivity contribution in [3.8, 4) is 11.4 Å². The molecule has 0 N–H and O–H groups in total. The predicted molar refractivity (Wildman–Crippen MR) is 109 cm³/mol. The molecule has 0 aromatic carbocycles. The summed E-state index contributed by atoms with van der Waals surface area (Å²) in [6.45, 7) is 5.04. The standard InChI is InChI=1S/C22H29N5O2/c1-15-13-17(15)22(28)27-12-6-3-7-18(27)21-24-20(25-29-21)16-8-9-23-19(14-16)26-10-4-2-5-11-26/h8-9,14-15,17-18H,2-7,10-13H2,1H3. The molecule has 4 heterocycles. The third-order valence-electron chi connectivity index (χ3n) is 6.62. The number of amides is 1. The molecule has 7 heteroatoms. The summed E-state index contributed by atoms with van der Waals surface area (Å²) in [5.74, 6) is 3.08. The Morgan fingerprint density at radius 1 is 1.14 bits per heavy atom. The van der Waals surface area contributed by atoms with E-state index in [1.165, 1.54) is 19.3 Å². The molecular weight excluding hydrogens is 366 g/mol. The summed E-state index contributed by atoms with van der Waals surface area (Å²) in [7, 11) is 0. The lowest BCUT2D eigenvalue weighted by Crippen LogP contribution is -2.39. The van der Waals surface area contributed by atoms with E-state index in [0.29, 0.717) is 17.6 Å². The molecule has 3 fully saturated rings. The van der Waals surface area contributed by atoms with Crippen molar-refractivity contribution in [2.75, 3.05) is 24.5 Å². The monoisotopic (exact) mass is 395 g/mol. The number of pyridine rings is 1. The number of piperidine rings is 2. The van der Waals surface area contributed by atoms with Crippen molar-refractivity contribution in [2.45, 2.75) is 57.9 Å². The largest absolute Gasteiger partial charge is 0.357 e. The van der Waals surface area contributed by atoms with Gasteiger partial charge in [-0.15, -0.1) is 0 Å². The summed E-state index contributed by atoms with van der Waals surface area (Å²) in [5.41, 5.74) is 0.917. The number of carbonyl (C=O) groups excluding carboxylic acids is 1. The first-order valence-electron chi connectivity index (χ1n) is 11.1. The molecule has 29 heavy (non-hydrogen) atoms. The average molecular weight is 396 g/mol. The number of anilines is 1. The minimum Gasteiger partial charge on any atom is -0.357 e. The molecule has 1 saturated carbocycles. The Hall–Kier alpha value is -2.44. The molecule has 2 aromatic rings. The zero-order chi connectivity index (χ0) is 19.8. The number of rotatable bonds is 4. The Labute approximate surface area is 171 Å². The van der Waals surface area contributed by atoms with E-state index in [4.69, 9.17) is 9.51 Å². The van der Waals surface area contributed by atoms with Crippen LogP contribution < -0.4 is 4.90 Å². The summed E-state index contributed by atoms with van der Waals surface area (Å²) in [6, 6.07) is 3.89. The van der Waals surface area contributed by atoms with Gasteiger partial charge in [0.15, 0.2) is 0 Å². The molecule has 0 radical (unpaired) electrons. The van der Waals surface area contributed by atoms with Crippen LogP contribution in [0.1, 0.15) is 63.8 Å². The fourth-order valence-corrected chi connectivity index (χ4v) is 4.67. The van der Waals surface area contributed by atoms with Gasteiger partial charge in [0.1, 0.15) is 11.9 Å². The van der Waals surface area contributed by atoms with Gasteiger partial charge in [0.05, 0.1) is 0 Å². The van der Waals surface area contributed by atoms with Crippen molar-refractivity contribution in [3.05, 3.63) is 24.2 Å². The highest BCUT2D eigenvalue weighted by atomic mass is 16.5. The summed E-state index contributed by atoms with van der Waals surface area (Å²) >= 11 is 0.